The van der Waals surface area contributed by atoms with Gasteiger partial charge in [0.15, 0.2) is 0 Å². The molecule has 1 aromatic heterocycles. The Morgan fingerprint density at radius 1 is 1.10 bits per heavy atom. The van der Waals surface area contributed by atoms with E-state index in [1.54, 1.807) is 12.1 Å². The van der Waals surface area contributed by atoms with E-state index in [4.69, 9.17) is 22.4 Å². The summed E-state index contributed by atoms with van der Waals surface area (Å²) in [5.41, 5.74) is 10.0. The van der Waals surface area contributed by atoms with Crippen LogP contribution in [0.2, 0.25) is 5.02 Å². The Balaban J connectivity index is 1.59. The van der Waals surface area contributed by atoms with Crippen molar-refractivity contribution >= 4 is 57.8 Å². The maximum Gasteiger partial charge on any atom is 0.335 e. The molecule has 1 aliphatic rings. The lowest BCUT2D eigenvalue weighted by molar-refractivity contribution is 0.0696. The number of thiophene rings is 1. The number of rotatable bonds is 4. The molecule has 0 aliphatic heterocycles. The van der Waals surface area contributed by atoms with Crippen LogP contribution >= 0.6 is 22.9 Å². The third-order valence-electron chi connectivity index (χ3n) is 4.93. The standard InChI is InChI=1S/C23H17ClN2O3S/c1-12-17(13-2-6-15(24)7-3-13)10-11-18-19(25)21(30-20(12)18)22(27)26-16-8-4-14(5-9-16)23(28)29/h2-11,17H,1,25H2,(H,26,27)(H,28,29). The molecule has 1 atom stereocenters. The van der Waals surface area contributed by atoms with Gasteiger partial charge in [0.25, 0.3) is 5.91 Å². The van der Waals surface area contributed by atoms with Crippen LogP contribution in [0.4, 0.5) is 11.4 Å². The van der Waals surface area contributed by atoms with Crippen LogP contribution in [0.1, 0.15) is 42.0 Å². The first-order valence-electron chi connectivity index (χ1n) is 9.05. The number of carbonyl (C=O) groups excluding carboxylic acids is 1. The molecule has 1 aliphatic carbocycles. The fourth-order valence-electron chi connectivity index (χ4n) is 3.35. The van der Waals surface area contributed by atoms with Crippen LogP contribution in [0.15, 0.2) is 61.2 Å². The summed E-state index contributed by atoms with van der Waals surface area (Å²) in [6.07, 6.45) is 3.94. The smallest absolute Gasteiger partial charge is 0.335 e. The minimum atomic E-state index is -1.02. The average molecular weight is 437 g/mol. The third kappa shape index (κ3) is 3.63. The highest BCUT2D eigenvalue weighted by Crippen LogP contribution is 2.46. The van der Waals surface area contributed by atoms with Gasteiger partial charge in [0.1, 0.15) is 4.88 Å². The lowest BCUT2D eigenvalue weighted by Gasteiger charge is -2.20. The van der Waals surface area contributed by atoms with E-state index >= 15 is 0 Å². The van der Waals surface area contributed by atoms with E-state index in [-0.39, 0.29) is 17.4 Å². The van der Waals surface area contributed by atoms with E-state index in [9.17, 15) is 9.59 Å². The highest BCUT2D eigenvalue weighted by atomic mass is 35.5. The second-order valence-electron chi connectivity index (χ2n) is 6.84. The molecular weight excluding hydrogens is 420 g/mol. The molecule has 4 rings (SSSR count). The summed E-state index contributed by atoms with van der Waals surface area (Å²) >= 11 is 7.29. The van der Waals surface area contributed by atoms with Crippen LogP contribution < -0.4 is 11.1 Å². The molecule has 3 aromatic rings. The third-order valence-corrected chi connectivity index (χ3v) is 6.48. The quantitative estimate of drug-likeness (QED) is 0.485. The zero-order valence-electron chi connectivity index (χ0n) is 15.7. The Kier molecular flexibility index (Phi) is 5.20. The first kappa shape index (κ1) is 19.9. The number of hydrogen-bond donors (Lipinski definition) is 3. The van der Waals surface area contributed by atoms with Gasteiger partial charge in [0.2, 0.25) is 0 Å². The van der Waals surface area contributed by atoms with Crippen molar-refractivity contribution in [3.8, 4) is 0 Å². The Bertz CT molecular complexity index is 1190. The molecule has 0 fully saturated rings. The predicted molar refractivity (Wildman–Crippen MR) is 122 cm³/mol. The van der Waals surface area contributed by atoms with E-state index in [0.29, 0.717) is 21.3 Å². The summed E-state index contributed by atoms with van der Waals surface area (Å²) in [7, 11) is 0. The minimum Gasteiger partial charge on any atom is -0.478 e. The Morgan fingerprint density at radius 3 is 2.40 bits per heavy atom. The van der Waals surface area contributed by atoms with Crippen molar-refractivity contribution in [3.05, 3.63) is 92.7 Å². The number of carboxylic acids is 1. The van der Waals surface area contributed by atoms with Gasteiger partial charge in [-0.05, 0) is 47.5 Å². The molecule has 7 heteroatoms. The summed E-state index contributed by atoms with van der Waals surface area (Å²) in [6, 6.07) is 13.5. The molecule has 0 bridgehead atoms. The maximum absolute atomic E-state index is 12.8. The number of nitrogens with two attached hydrogens (primary N) is 1. The molecule has 1 heterocycles. The number of fused-ring (bicyclic) bond motifs is 1. The first-order chi connectivity index (χ1) is 14.3. The van der Waals surface area contributed by atoms with Gasteiger partial charge in [-0.2, -0.15) is 0 Å². The van der Waals surface area contributed by atoms with E-state index in [0.717, 1.165) is 21.6 Å². The second-order valence-corrected chi connectivity index (χ2v) is 8.29. The number of carboxylic acid groups (broad SMARTS) is 1. The molecule has 30 heavy (non-hydrogen) atoms. The lowest BCUT2D eigenvalue weighted by Crippen LogP contribution is -2.12. The molecule has 0 saturated heterocycles. The minimum absolute atomic E-state index is 0.0210. The zero-order valence-corrected chi connectivity index (χ0v) is 17.3. The van der Waals surface area contributed by atoms with E-state index in [2.05, 4.69) is 11.9 Å². The van der Waals surface area contributed by atoms with Crippen molar-refractivity contribution in [3.63, 3.8) is 0 Å². The Hall–Kier alpha value is -3.35. The number of aromatic carboxylic acids is 1. The van der Waals surface area contributed by atoms with Gasteiger partial charge in [0, 0.05) is 27.1 Å². The number of carbonyl (C=O) groups is 2. The van der Waals surface area contributed by atoms with Crippen LogP contribution in [-0.2, 0) is 0 Å². The Morgan fingerprint density at radius 2 is 1.77 bits per heavy atom. The number of hydrogen-bond acceptors (Lipinski definition) is 4. The molecule has 2 aromatic carbocycles. The summed E-state index contributed by atoms with van der Waals surface area (Å²) in [5.74, 6) is -1.39. The normalized spacial score (nSPS) is 15.0. The number of anilines is 2. The topological polar surface area (TPSA) is 92.4 Å². The number of amides is 1. The maximum atomic E-state index is 12.8. The van der Waals surface area contributed by atoms with Gasteiger partial charge in [-0.15, -0.1) is 11.3 Å². The highest BCUT2D eigenvalue weighted by molar-refractivity contribution is 7.16. The van der Waals surface area contributed by atoms with E-state index in [1.807, 2.05) is 36.4 Å². The van der Waals surface area contributed by atoms with Crippen molar-refractivity contribution in [2.24, 2.45) is 0 Å². The van der Waals surface area contributed by atoms with E-state index < -0.39 is 5.97 Å². The second kappa shape index (κ2) is 7.82. The van der Waals surface area contributed by atoms with Crippen LogP contribution in [0.25, 0.3) is 11.6 Å². The highest BCUT2D eigenvalue weighted by Gasteiger charge is 2.27. The lowest BCUT2D eigenvalue weighted by atomic mass is 9.85. The van der Waals surface area contributed by atoms with Crippen LogP contribution in [-0.4, -0.2) is 17.0 Å². The fraction of sp³-hybridized carbons (Fsp3) is 0.0435. The van der Waals surface area contributed by atoms with E-state index in [1.165, 1.54) is 23.5 Å². The molecule has 0 radical (unpaired) electrons. The molecule has 150 valence electrons. The Labute approximate surface area is 182 Å². The average Bonchev–Trinajstić information content (AvgIpc) is 3.07. The molecular formula is C23H17ClN2O3S. The molecule has 4 N–H and O–H groups in total. The monoisotopic (exact) mass is 436 g/mol. The van der Waals surface area contributed by atoms with Crippen molar-refractivity contribution in [1.29, 1.82) is 0 Å². The van der Waals surface area contributed by atoms with Crippen molar-refractivity contribution in [2.45, 2.75) is 5.92 Å². The van der Waals surface area contributed by atoms with Gasteiger partial charge < -0.3 is 16.2 Å². The van der Waals surface area contributed by atoms with Gasteiger partial charge >= 0.3 is 5.97 Å². The first-order valence-corrected chi connectivity index (χ1v) is 10.2. The fourth-order valence-corrected chi connectivity index (χ4v) is 4.59. The molecule has 0 saturated carbocycles. The van der Waals surface area contributed by atoms with Gasteiger partial charge in [-0.25, -0.2) is 4.79 Å². The number of benzene rings is 2. The molecule has 5 nitrogen and oxygen atoms in total. The number of nitrogens with one attached hydrogen (secondary N) is 1. The van der Waals surface area contributed by atoms with Gasteiger partial charge in [0.05, 0.1) is 11.3 Å². The molecule has 1 unspecified atom stereocenters. The zero-order chi connectivity index (χ0) is 21.4. The molecule has 0 spiro atoms. The van der Waals surface area contributed by atoms with Gasteiger partial charge in [-0.3, -0.25) is 4.79 Å². The summed E-state index contributed by atoms with van der Waals surface area (Å²) in [6.45, 7) is 4.24. The number of allylic oxidation sites excluding steroid dienone is 2. The predicted octanol–water partition coefficient (Wildman–Crippen LogP) is 5.76. The largest absolute Gasteiger partial charge is 0.478 e. The summed E-state index contributed by atoms with van der Waals surface area (Å²) in [5, 5.41) is 12.4. The van der Waals surface area contributed by atoms with Gasteiger partial charge in [-0.1, -0.05) is 42.5 Å². The van der Waals surface area contributed by atoms with Crippen LogP contribution in [0.3, 0.4) is 0 Å². The SMILES string of the molecule is C=C1c2sc(C(=O)Nc3ccc(C(=O)O)cc3)c(N)c2C=CC1c1ccc(Cl)cc1. The number of nitrogen functional groups attached to an aromatic ring is 1. The molecule has 1 amide bonds. The van der Waals surface area contributed by atoms with Crippen molar-refractivity contribution in [1.82, 2.24) is 0 Å². The number of halogens is 1. The van der Waals surface area contributed by atoms with Crippen molar-refractivity contribution in [2.75, 3.05) is 11.1 Å². The van der Waals surface area contributed by atoms with Crippen LogP contribution in [0, 0.1) is 0 Å². The van der Waals surface area contributed by atoms with Crippen molar-refractivity contribution < 1.29 is 14.7 Å². The van der Waals surface area contributed by atoms with Crippen LogP contribution in [0.5, 0.6) is 0 Å². The summed E-state index contributed by atoms with van der Waals surface area (Å²) < 4.78 is 0. The summed E-state index contributed by atoms with van der Waals surface area (Å²) in [4.78, 5) is 25.0.